The standard InChI is InChI=1S/C21H19BrN2O5S/c1-4-29-16-9-12(8-15(22)18(16)28-3)10-17-19(25)24(2)21(30-17)23-14-7-5-6-13(11-14)20(26)27/h5-11H,4H2,1-3H3,(H,26,27)/b17-10+,23-21?. The maximum atomic E-state index is 12.7. The van der Waals surface area contributed by atoms with Crippen LogP contribution in [0.5, 0.6) is 11.5 Å². The third-order valence-electron chi connectivity index (χ3n) is 4.16. The number of carboxylic acids is 1. The fourth-order valence-electron chi connectivity index (χ4n) is 2.75. The average molecular weight is 491 g/mol. The predicted octanol–water partition coefficient (Wildman–Crippen LogP) is 4.79. The molecular weight excluding hydrogens is 472 g/mol. The minimum absolute atomic E-state index is 0.135. The van der Waals surface area contributed by atoms with Crippen molar-refractivity contribution in [3.05, 3.63) is 56.9 Å². The van der Waals surface area contributed by atoms with E-state index in [1.54, 1.807) is 38.4 Å². The number of amidine groups is 1. The normalized spacial score (nSPS) is 16.4. The molecule has 0 bridgehead atoms. The van der Waals surface area contributed by atoms with Gasteiger partial charge in [-0.3, -0.25) is 9.69 Å². The van der Waals surface area contributed by atoms with Gasteiger partial charge in [0.15, 0.2) is 16.7 Å². The van der Waals surface area contributed by atoms with Crippen LogP contribution in [-0.2, 0) is 4.79 Å². The molecule has 1 aliphatic heterocycles. The van der Waals surface area contributed by atoms with Crippen LogP contribution in [-0.4, -0.2) is 47.8 Å². The van der Waals surface area contributed by atoms with Gasteiger partial charge in [-0.05, 0) is 76.6 Å². The minimum Gasteiger partial charge on any atom is -0.492 e. The molecule has 0 radical (unpaired) electrons. The van der Waals surface area contributed by atoms with Gasteiger partial charge in [-0.1, -0.05) is 6.07 Å². The molecule has 30 heavy (non-hydrogen) atoms. The van der Waals surface area contributed by atoms with Gasteiger partial charge in [-0.25, -0.2) is 9.79 Å². The number of hydrogen-bond donors (Lipinski definition) is 1. The zero-order chi connectivity index (χ0) is 21.8. The van der Waals surface area contributed by atoms with Crippen LogP contribution in [0.2, 0.25) is 0 Å². The highest BCUT2D eigenvalue weighted by atomic mass is 79.9. The number of methoxy groups -OCH3 is 1. The molecule has 0 spiro atoms. The van der Waals surface area contributed by atoms with Gasteiger partial charge < -0.3 is 14.6 Å². The minimum atomic E-state index is -1.03. The van der Waals surface area contributed by atoms with Crippen molar-refractivity contribution in [3.63, 3.8) is 0 Å². The van der Waals surface area contributed by atoms with Crippen LogP contribution < -0.4 is 9.47 Å². The Labute approximate surface area is 186 Å². The lowest BCUT2D eigenvalue weighted by atomic mass is 10.2. The topological polar surface area (TPSA) is 88.4 Å². The van der Waals surface area contributed by atoms with Crippen LogP contribution in [0, 0.1) is 0 Å². The molecule has 0 aliphatic carbocycles. The number of aromatic carboxylic acids is 1. The molecule has 1 amide bonds. The Morgan fingerprint density at radius 1 is 1.33 bits per heavy atom. The number of nitrogens with zero attached hydrogens (tertiary/aromatic N) is 2. The molecule has 1 N–H and O–H groups in total. The number of thioether (sulfide) groups is 1. The van der Waals surface area contributed by atoms with Crippen LogP contribution in [0.15, 0.2) is 50.8 Å². The van der Waals surface area contributed by atoms with Crippen molar-refractivity contribution < 1.29 is 24.2 Å². The van der Waals surface area contributed by atoms with E-state index in [1.165, 1.54) is 28.8 Å². The average Bonchev–Trinajstić information content (AvgIpc) is 2.96. The maximum Gasteiger partial charge on any atom is 0.335 e. The van der Waals surface area contributed by atoms with Gasteiger partial charge in [0.2, 0.25) is 0 Å². The van der Waals surface area contributed by atoms with E-state index in [0.717, 1.165) is 5.56 Å². The molecule has 1 saturated heterocycles. The van der Waals surface area contributed by atoms with Crippen molar-refractivity contribution in [2.45, 2.75) is 6.92 Å². The highest BCUT2D eigenvalue weighted by molar-refractivity contribution is 9.10. The van der Waals surface area contributed by atoms with E-state index in [0.29, 0.717) is 38.3 Å². The van der Waals surface area contributed by atoms with Gasteiger partial charge in [-0.15, -0.1) is 0 Å². The molecule has 1 fully saturated rings. The molecule has 2 aromatic rings. The summed E-state index contributed by atoms with van der Waals surface area (Å²) in [6.07, 6.45) is 1.76. The molecular formula is C21H19BrN2O5S. The SMILES string of the molecule is CCOc1cc(/C=C2/SC(=Nc3cccc(C(=O)O)c3)N(C)C2=O)cc(Br)c1OC. The Bertz CT molecular complexity index is 1070. The number of carbonyl (C=O) groups excluding carboxylic acids is 1. The monoisotopic (exact) mass is 490 g/mol. The van der Waals surface area contributed by atoms with Crippen LogP contribution in [0.25, 0.3) is 6.08 Å². The Morgan fingerprint density at radius 3 is 2.77 bits per heavy atom. The lowest BCUT2D eigenvalue weighted by Crippen LogP contribution is -2.23. The molecule has 1 heterocycles. The summed E-state index contributed by atoms with van der Waals surface area (Å²) < 4.78 is 11.7. The molecule has 9 heteroatoms. The quantitative estimate of drug-likeness (QED) is 0.585. The first-order valence-corrected chi connectivity index (χ1v) is 10.5. The number of hydrogen-bond acceptors (Lipinski definition) is 6. The molecule has 0 saturated carbocycles. The summed E-state index contributed by atoms with van der Waals surface area (Å²) in [7, 11) is 3.19. The molecule has 0 unspecified atom stereocenters. The molecule has 156 valence electrons. The largest absolute Gasteiger partial charge is 0.492 e. The van der Waals surface area contributed by atoms with E-state index in [1.807, 2.05) is 13.0 Å². The number of aliphatic imine (C=N–C) groups is 1. The fourth-order valence-corrected chi connectivity index (χ4v) is 4.36. The Kier molecular flexibility index (Phi) is 6.84. The Morgan fingerprint density at radius 2 is 2.10 bits per heavy atom. The number of amides is 1. The molecule has 0 aromatic heterocycles. The van der Waals surface area contributed by atoms with E-state index >= 15 is 0 Å². The van der Waals surface area contributed by atoms with E-state index in [-0.39, 0.29) is 11.5 Å². The van der Waals surface area contributed by atoms with Crippen LogP contribution in [0.4, 0.5) is 5.69 Å². The summed E-state index contributed by atoms with van der Waals surface area (Å²) in [6.45, 7) is 2.36. The number of halogens is 1. The third-order valence-corrected chi connectivity index (χ3v) is 5.80. The van der Waals surface area contributed by atoms with Gasteiger partial charge in [0.1, 0.15) is 0 Å². The number of benzene rings is 2. The Balaban J connectivity index is 1.93. The zero-order valence-electron chi connectivity index (χ0n) is 16.5. The summed E-state index contributed by atoms with van der Waals surface area (Å²) in [6, 6.07) is 9.91. The van der Waals surface area contributed by atoms with Gasteiger partial charge in [0.25, 0.3) is 5.91 Å². The molecule has 2 aromatic carbocycles. The number of carboxylic acid groups (broad SMARTS) is 1. The van der Waals surface area contributed by atoms with Crippen LogP contribution in [0.3, 0.4) is 0 Å². The Hall–Kier alpha value is -2.78. The number of rotatable bonds is 6. The summed E-state index contributed by atoms with van der Waals surface area (Å²) in [5.74, 6) is -0.0687. The summed E-state index contributed by atoms with van der Waals surface area (Å²) in [5.41, 5.74) is 1.37. The van der Waals surface area contributed by atoms with E-state index in [2.05, 4.69) is 20.9 Å². The first-order chi connectivity index (χ1) is 14.3. The van der Waals surface area contributed by atoms with Gasteiger partial charge in [0, 0.05) is 7.05 Å². The highest BCUT2D eigenvalue weighted by Crippen LogP contribution is 2.39. The van der Waals surface area contributed by atoms with Gasteiger partial charge >= 0.3 is 5.97 Å². The maximum absolute atomic E-state index is 12.7. The van der Waals surface area contributed by atoms with Crippen LogP contribution >= 0.6 is 27.7 Å². The number of likely N-dealkylation sites (N-methyl/N-ethyl adjacent to an activating group) is 1. The van der Waals surface area contributed by atoms with E-state index in [4.69, 9.17) is 14.6 Å². The van der Waals surface area contributed by atoms with Crippen molar-refractivity contribution in [1.29, 1.82) is 0 Å². The van der Waals surface area contributed by atoms with Gasteiger partial charge in [-0.2, -0.15) is 0 Å². The summed E-state index contributed by atoms with van der Waals surface area (Å²) in [5, 5.41) is 9.60. The first-order valence-electron chi connectivity index (χ1n) is 8.94. The second kappa shape index (κ2) is 9.36. The smallest absolute Gasteiger partial charge is 0.335 e. The lowest BCUT2D eigenvalue weighted by Gasteiger charge is -2.12. The van der Waals surface area contributed by atoms with E-state index in [9.17, 15) is 9.59 Å². The molecule has 1 aliphatic rings. The third kappa shape index (κ3) is 4.68. The van der Waals surface area contributed by atoms with Crippen molar-refractivity contribution in [2.24, 2.45) is 4.99 Å². The van der Waals surface area contributed by atoms with Crippen molar-refractivity contribution in [2.75, 3.05) is 20.8 Å². The zero-order valence-corrected chi connectivity index (χ0v) is 18.9. The summed E-state index contributed by atoms with van der Waals surface area (Å²) >= 11 is 4.69. The predicted molar refractivity (Wildman–Crippen MR) is 121 cm³/mol. The van der Waals surface area contributed by atoms with Crippen LogP contribution in [0.1, 0.15) is 22.8 Å². The summed E-state index contributed by atoms with van der Waals surface area (Å²) in [4.78, 5) is 30.2. The number of ether oxygens (including phenoxy) is 2. The first kappa shape index (κ1) is 21.9. The fraction of sp³-hybridized carbons (Fsp3) is 0.190. The lowest BCUT2D eigenvalue weighted by molar-refractivity contribution is -0.121. The van der Waals surface area contributed by atoms with E-state index < -0.39 is 5.97 Å². The highest BCUT2D eigenvalue weighted by Gasteiger charge is 2.30. The molecule has 7 nitrogen and oxygen atoms in total. The second-order valence-corrected chi connectivity index (χ2v) is 8.06. The van der Waals surface area contributed by atoms with Crippen molar-refractivity contribution in [3.8, 4) is 11.5 Å². The van der Waals surface area contributed by atoms with Crippen molar-refractivity contribution in [1.82, 2.24) is 4.90 Å². The van der Waals surface area contributed by atoms with Crippen molar-refractivity contribution >= 4 is 56.5 Å². The molecule has 0 atom stereocenters. The second-order valence-electron chi connectivity index (χ2n) is 6.19. The number of carbonyl (C=O) groups is 2. The molecule has 3 rings (SSSR count). The van der Waals surface area contributed by atoms with Gasteiger partial charge in [0.05, 0.1) is 34.3 Å².